The minimum absolute atomic E-state index is 0. The molecule has 0 saturated carbocycles. The summed E-state index contributed by atoms with van der Waals surface area (Å²) in [5, 5.41) is 1.79. The minimum Gasteiger partial charge on any atom is -0.449 e. The number of esters is 1. The molecule has 0 unspecified atom stereocenters. The molecule has 0 aliphatic carbocycles. The molecule has 2 heterocycles. The number of rotatable bonds is 7. The molecule has 0 fully saturated rings. The van der Waals surface area contributed by atoms with Crippen LogP contribution in [0.4, 0.5) is 9.59 Å². The highest BCUT2D eigenvalue weighted by Gasteiger charge is 2.13. The van der Waals surface area contributed by atoms with Crippen molar-refractivity contribution in [3.8, 4) is 5.75 Å². The highest BCUT2D eigenvalue weighted by atomic mass is 32.2. The molecule has 0 aliphatic heterocycles. The SMILES string of the molecule is CSC(=O)OCc1oc(=O)oc1C.Cc1oc(=O)oc1COC(=O)NCC(=O)Oc1ccccc1.[HH]. The standard InChI is InChI=1S/C14H13NO7.C7H8O5S.H2/c1-9-11(22-14(18)20-9)8-19-13(17)15-7-12(16)21-10-5-3-2-4-6-10;1-4-5(12-6(8)11-4)3-10-7(9)13-2;/h2-6H,7-8H2,1H3,(H,15,17);3H2,1-2H3;1H. The van der Waals surface area contributed by atoms with E-state index < -0.39 is 29.0 Å². The molecular weight excluding hydrogens is 490 g/mol. The van der Waals surface area contributed by atoms with Crippen molar-refractivity contribution in [3.63, 3.8) is 0 Å². The third-order valence-corrected chi connectivity index (χ3v) is 4.30. The molecule has 35 heavy (non-hydrogen) atoms. The first-order valence-corrected chi connectivity index (χ1v) is 11.0. The lowest BCUT2D eigenvalue weighted by molar-refractivity contribution is -0.133. The van der Waals surface area contributed by atoms with Crippen LogP contribution in [0.5, 0.6) is 5.75 Å². The molecule has 1 aromatic carbocycles. The van der Waals surface area contributed by atoms with Crippen molar-refractivity contribution in [1.82, 2.24) is 5.32 Å². The molecule has 2 aromatic heterocycles. The number of hydrogen-bond acceptors (Lipinski definition) is 13. The molecule has 1 N–H and O–H groups in total. The van der Waals surface area contributed by atoms with Crippen LogP contribution in [-0.4, -0.2) is 30.2 Å². The summed E-state index contributed by atoms with van der Waals surface area (Å²) in [7, 11) is 0. The number of alkyl carbamates (subject to hydrolysis) is 1. The second kappa shape index (κ2) is 13.5. The minimum atomic E-state index is -0.872. The average Bonchev–Trinajstić information content (AvgIpc) is 3.33. The number of nitrogens with one attached hydrogen (secondary N) is 1. The molecule has 0 saturated heterocycles. The molecule has 1 amide bonds. The van der Waals surface area contributed by atoms with Crippen molar-refractivity contribution >= 4 is 29.1 Å². The van der Waals surface area contributed by atoms with Gasteiger partial charge in [0.25, 0.3) is 0 Å². The van der Waals surface area contributed by atoms with Gasteiger partial charge in [0.15, 0.2) is 36.3 Å². The van der Waals surface area contributed by atoms with Crippen molar-refractivity contribution in [2.24, 2.45) is 0 Å². The smallest absolute Gasteiger partial charge is 0.449 e. The summed E-state index contributed by atoms with van der Waals surface area (Å²) >= 11 is 0.945. The van der Waals surface area contributed by atoms with E-state index in [9.17, 15) is 24.0 Å². The number of ether oxygens (including phenoxy) is 3. The van der Waals surface area contributed by atoms with E-state index >= 15 is 0 Å². The Balaban J connectivity index is 0.000000397. The van der Waals surface area contributed by atoms with Gasteiger partial charge in [0.2, 0.25) is 0 Å². The normalized spacial score (nSPS) is 10.0. The lowest BCUT2D eigenvalue weighted by atomic mass is 10.3. The number of benzene rings is 1. The average molecular weight is 513 g/mol. The predicted octanol–water partition coefficient (Wildman–Crippen LogP) is 3.16. The van der Waals surface area contributed by atoms with E-state index in [2.05, 4.69) is 23.0 Å². The zero-order valence-electron chi connectivity index (χ0n) is 18.8. The maximum Gasteiger partial charge on any atom is 0.519 e. The van der Waals surface area contributed by atoms with E-state index in [1.54, 1.807) is 43.5 Å². The number of amides is 1. The summed E-state index contributed by atoms with van der Waals surface area (Å²) in [4.78, 5) is 54.9. The van der Waals surface area contributed by atoms with Gasteiger partial charge < -0.3 is 37.2 Å². The Morgan fingerprint density at radius 2 is 1.43 bits per heavy atom. The van der Waals surface area contributed by atoms with Gasteiger partial charge in [-0.2, -0.15) is 0 Å². The van der Waals surface area contributed by atoms with Crippen LogP contribution >= 0.6 is 11.8 Å². The van der Waals surface area contributed by atoms with E-state index in [0.29, 0.717) is 11.5 Å². The van der Waals surface area contributed by atoms with Crippen LogP contribution in [0.25, 0.3) is 0 Å². The maximum absolute atomic E-state index is 11.5. The summed E-state index contributed by atoms with van der Waals surface area (Å²) in [6.07, 6.45) is 0.744. The van der Waals surface area contributed by atoms with E-state index in [4.69, 9.17) is 14.2 Å². The van der Waals surface area contributed by atoms with Gasteiger partial charge in [0.1, 0.15) is 12.3 Å². The third-order valence-electron chi connectivity index (χ3n) is 3.85. The highest BCUT2D eigenvalue weighted by Crippen LogP contribution is 2.10. The first kappa shape index (κ1) is 27.0. The number of hydrogen-bond donors (Lipinski definition) is 1. The molecule has 13 nitrogen and oxygen atoms in total. The number of aryl methyl sites for hydroxylation is 2. The Bertz CT molecular complexity index is 1240. The Morgan fingerprint density at radius 1 is 0.886 bits per heavy atom. The van der Waals surface area contributed by atoms with Gasteiger partial charge in [0, 0.05) is 1.43 Å². The van der Waals surface area contributed by atoms with Gasteiger partial charge in [0.05, 0.1) is 0 Å². The Morgan fingerprint density at radius 3 is 1.91 bits per heavy atom. The van der Waals surface area contributed by atoms with Crippen molar-refractivity contribution in [1.29, 1.82) is 0 Å². The third kappa shape index (κ3) is 9.67. The summed E-state index contributed by atoms with van der Waals surface area (Å²) < 4.78 is 32.9. The molecule has 3 aromatic rings. The summed E-state index contributed by atoms with van der Waals surface area (Å²) in [6, 6.07) is 8.43. The van der Waals surface area contributed by atoms with Crippen LogP contribution in [0.15, 0.2) is 57.6 Å². The van der Waals surface area contributed by atoms with Crippen LogP contribution in [0, 0.1) is 13.8 Å². The van der Waals surface area contributed by atoms with Gasteiger partial charge in [-0.25, -0.2) is 24.0 Å². The summed E-state index contributed by atoms with van der Waals surface area (Å²) in [6.45, 7) is 2.35. The van der Waals surface area contributed by atoms with Gasteiger partial charge in [-0.15, -0.1) is 0 Å². The molecule has 0 bridgehead atoms. The van der Waals surface area contributed by atoms with E-state index in [0.717, 1.165) is 11.8 Å². The van der Waals surface area contributed by atoms with E-state index in [1.807, 2.05) is 0 Å². The van der Waals surface area contributed by atoms with Gasteiger partial charge in [-0.1, -0.05) is 18.2 Å². The fourth-order valence-electron chi connectivity index (χ4n) is 2.18. The molecule has 0 aliphatic rings. The van der Waals surface area contributed by atoms with Crippen LogP contribution < -0.4 is 21.7 Å². The fourth-order valence-corrected chi connectivity index (χ4v) is 2.36. The fraction of sp³-hybridized carbons (Fsp3) is 0.286. The molecule has 3 rings (SSSR count). The highest BCUT2D eigenvalue weighted by molar-refractivity contribution is 8.12. The van der Waals surface area contributed by atoms with Crippen LogP contribution in [-0.2, 0) is 27.5 Å². The van der Waals surface area contributed by atoms with E-state index in [-0.39, 0.29) is 38.5 Å². The predicted molar refractivity (Wildman–Crippen MR) is 120 cm³/mol. The molecule has 190 valence electrons. The molecule has 14 heteroatoms. The van der Waals surface area contributed by atoms with Crippen LogP contribution in [0.1, 0.15) is 24.5 Å². The molecule has 0 radical (unpaired) electrons. The maximum atomic E-state index is 11.5. The first-order chi connectivity index (χ1) is 16.7. The number of para-hydroxylation sites is 1. The van der Waals surface area contributed by atoms with Gasteiger partial charge in [-0.05, 0) is 44.0 Å². The summed E-state index contributed by atoms with van der Waals surface area (Å²) in [5.41, 5.74) is 0. The molecule has 0 atom stereocenters. The van der Waals surface area contributed by atoms with Crippen LogP contribution in [0.2, 0.25) is 0 Å². The van der Waals surface area contributed by atoms with Crippen LogP contribution in [0.3, 0.4) is 0 Å². The largest absolute Gasteiger partial charge is 0.519 e. The Labute approximate surface area is 202 Å². The second-order valence-corrected chi connectivity index (χ2v) is 7.07. The topological polar surface area (TPSA) is 178 Å². The van der Waals surface area contributed by atoms with Gasteiger partial charge in [-0.3, -0.25) is 0 Å². The zero-order valence-corrected chi connectivity index (χ0v) is 19.6. The van der Waals surface area contributed by atoms with Crippen molar-refractivity contribution in [2.45, 2.75) is 27.1 Å². The van der Waals surface area contributed by atoms with Crippen molar-refractivity contribution in [2.75, 3.05) is 12.8 Å². The Kier molecular flexibility index (Phi) is 10.4. The first-order valence-electron chi connectivity index (χ1n) is 9.73. The quantitative estimate of drug-likeness (QED) is 0.360. The molecular formula is C21H23NO12S. The second-order valence-electron chi connectivity index (χ2n) is 6.33. The number of carbonyl (C=O) groups excluding carboxylic acids is 3. The Hall–Kier alpha value is -4.20. The van der Waals surface area contributed by atoms with Crippen molar-refractivity contribution in [3.05, 3.63) is 74.6 Å². The lowest BCUT2D eigenvalue weighted by Gasteiger charge is -2.06. The lowest BCUT2D eigenvalue weighted by Crippen LogP contribution is -2.32. The zero-order chi connectivity index (χ0) is 25.8. The summed E-state index contributed by atoms with van der Waals surface area (Å²) in [5.74, 6) is -1.03. The van der Waals surface area contributed by atoms with Gasteiger partial charge >= 0.3 is 29.0 Å². The van der Waals surface area contributed by atoms with E-state index in [1.165, 1.54) is 6.92 Å². The number of thioether (sulfide) groups is 1. The monoisotopic (exact) mass is 513 g/mol. The van der Waals surface area contributed by atoms with Crippen molar-refractivity contribution < 1.29 is 47.7 Å². The molecule has 0 spiro atoms. The number of carbonyl (C=O) groups is 3.